The molecule has 4 N–H and O–H groups in total. The number of anilines is 3. The SMILES string of the molecule is O=CNc1cc(NC=O)cc(NCO)c1. The molecule has 1 rings (SSSR count). The summed E-state index contributed by atoms with van der Waals surface area (Å²) in [6.07, 6.45) is 1.06. The third kappa shape index (κ3) is 3.28. The van der Waals surface area contributed by atoms with Crippen LogP contribution in [0, 0.1) is 0 Å². The molecule has 0 spiro atoms. The van der Waals surface area contributed by atoms with Crippen LogP contribution in [0.4, 0.5) is 17.1 Å². The molecular formula is C9H11N3O3. The van der Waals surface area contributed by atoms with E-state index in [1.807, 2.05) is 0 Å². The number of hydrogen-bond acceptors (Lipinski definition) is 4. The maximum Gasteiger partial charge on any atom is 0.211 e. The minimum Gasteiger partial charge on any atom is -0.377 e. The highest BCUT2D eigenvalue weighted by atomic mass is 16.3. The second-order valence-corrected chi connectivity index (χ2v) is 2.66. The normalized spacial score (nSPS) is 9.13. The Morgan fingerprint density at radius 2 is 1.47 bits per heavy atom. The molecule has 0 aromatic heterocycles. The lowest BCUT2D eigenvalue weighted by Crippen LogP contribution is -2.03. The molecule has 0 saturated heterocycles. The van der Waals surface area contributed by atoms with E-state index in [-0.39, 0.29) is 6.73 Å². The fourth-order valence-corrected chi connectivity index (χ4v) is 1.12. The van der Waals surface area contributed by atoms with E-state index in [4.69, 9.17) is 5.11 Å². The van der Waals surface area contributed by atoms with Crippen LogP contribution in [0.2, 0.25) is 0 Å². The van der Waals surface area contributed by atoms with Crippen LogP contribution in [0.25, 0.3) is 0 Å². The van der Waals surface area contributed by atoms with Crippen molar-refractivity contribution in [2.45, 2.75) is 0 Å². The summed E-state index contributed by atoms with van der Waals surface area (Å²) in [5.74, 6) is 0. The fraction of sp³-hybridized carbons (Fsp3) is 0.111. The van der Waals surface area contributed by atoms with Gasteiger partial charge in [0.2, 0.25) is 12.8 Å². The van der Waals surface area contributed by atoms with Crippen molar-refractivity contribution in [2.24, 2.45) is 0 Å². The molecule has 0 aliphatic rings. The highest BCUT2D eigenvalue weighted by Crippen LogP contribution is 2.21. The van der Waals surface area contributed by atoms with Gasteiger partial charge in [-0.1, -0.05) is 0 Å². The second-order valence-electron chi connectivity index (χ2n) is 2.66. The van der Waals surface area contributed by atoms with Crippen LogP contribution in [0.1, 0.15) is 0 Å². The van der Waals surface area contributed by atoms with Gasteiger partial charge >= 0.3 is 0 Å². The highest BCUT2D eigenvalue weighted by Gasteiger charge is 1.99. The van der Waals surface area contributed by atoms with E-state index in [1.165, 1.54) is 0 Å². The van der Waals surface area contributed by atoms with Crippen molar-refractivity contribution in [2.75, 3.05) is 22.7 Å². The van der Waals surface area contributed by atoms with Gasteiger partial charge in [0.15, 0.2) is 0 Å². The number of aliphatic hydroxyl groups excluding tert-OH is 1. The molecule has 1 aromatic rings. The summed E-state index contributed by atoms with van der Waals surface area (Å²) in [5, 5.41) is 16.2. The largest absolute Gasteiger partial charge is 0.377 e. The molecule has 0 aliphatic carbocycles. The van der Waals surface area contributed by atoms with E-state index in [9.17, 15) is 9.59 Å². The van der Waals surface area contributed by atoms with Crippen LogP contribution in [0.5, 0.6) is 0 Å². The average Bonchev–Trinajstić information content (AvgIpc) is 2.19. The number of benzene rings is 1. The maximum atomic E-state index is 10.2. The molecule has 15 heavy (non-hydrogen) atoms. The summed E-state index contributed by atoms with van der Waals surface area (Å²) in [7, 11) is 0. The van der Waals surface area contributed by atoms with Crippen molar-refractivity contribution in [1.29, 1.82) is 0 Å². The van der Waals surface area contributed by atoms with Crippen LogP contribution in [-0.4, -0.2) is 24.7 Å². The van der Waals surface area contributed by atoms with Gasteiger partial charge in [-0.3, -0.25) is 9.59 Å². The van der Waals surface area contributed by atoms with Crippen LogP contribution >= 0.6 is 0 Å². The van der Waals surface area contributed by atoms with Crippen molar-refractivity contribution in [3.05, 3.63) is 18.2 Å². The van der Waals surface area contributed by atoms with Crippen LogP contribution < -0.4 is 16.0 Å². The fourth-order valence-electron chi connectivity index (χ4n) is 1.12. The first-order valence-electron chi connectivity index (χ1n) is 4.20. The highest BCUT2D eigenvalue weighted by molar-refractivity contribution is 5.81. The van der Waals surface area contributed by atoms with Gasteiger partial charge in [0.1, 0.15) is 6.73 Å². The topological polar surface area (TPSA) is 90.5 Å². The Morgan fingerprint density at radius 1 is 1.00 bits per heavy atom. The van der Waals surface area contributed by atoms with Crippen LogP contribution in [0.15, 0.2) is 18.2 Å². The second kappa shape index (κ2) is 5.61. The van der Waals surface area contributed by atoms with Crippen molar-refractivity contribution in [1.82, 2.24) is 0 Å². The number of nitrogens with one attached hydrogen (secondary N) is 3. The number of amides is 2. The summed E-state index contributed by atoms with van der Waals surface area (Å²) in [4.78, 5) is 20.5. The third-order valence-corrected chi connectivity index (χ3v) is 1.67. The monoisotopic (exact) mass is 209 g/mol. The van der Waals surface area contributed by atoms with Crippen LogP contribution in [0.3, 0.4) is 0 Å². The summed E-state index contributed by atoms with van der Waals surface area (Å²) < 4.78 is 0. The predicted molar refractivity (Wildman–Crippen MR) is 56.5 cm³/mol. The van der Waals surface area contributed by atoms with E-state index in [1.54, 1.807) is 18.2 Å². The number of rotatable bonds is 6. The first-order chi connectivity index (χ1) is 7.30. The summed E-state index contributed by atoms with van der Waals surface area (Å²) >= 11 is 0. The Morgan fingerprint density at radius 3 is 1.87 bits per heavy atom. The summed E-state index contributed by atoms with van der Waals surface area (Å²) in [6.45, 7) is -0.231. The van der Waals surface area contributed by atoms with Crippen LogP contribution in [-0.2, 0) is 9.59 Å². The molecule has 0 radical (unpaired) electrons. The molecule has 0 heterocycles. The Kier molecular flexibility index (Phi) is 4.11. The zero-order chi connectivity index (χ0) is 11.1. The smallest absolute Gasteiger partial charge is 0.211 e. The Balaban J connectivity index is 2.95. The molecule has 1 aromatic carbocycles. The minimum atomic E-state index is -0.231. The van der Waals surface area contributed by atoms with Crippen molar-refractivity contribution in [3.63, 3.8) is 0 Å². The third-order valence-electron chi connectivity index (χ3n) is 1.67. The van der Waals surface area contributed by atoms with E-state index in [0.717, 1.165) is 0 Å². The van der Waals surface area contributed by atoms with E-state index >= 15 is 0 Å². The molecule has 0 aliphatic heterocycles. The standard InChI is InChI=1S/C9H11N3O3/c13-4-10-7-1-8(11-5-14)3-9(2-7)12-6-15/h1-5,12,15H,6H2,(H,10,13)(H,11,14). The Labute approximate surface area is 86.3 Å². The van der Waals surface area contributed by atoms with E-state index in [2.05, 4.69) is 16.0 Å². The summed E-state index contributed by atoms with van der Waals surface area (Å²) in [5.41, 5.74) is 1.63. The maximum absolute atomic E-state index is 10.2. The predicted octanol–water partition coefficient (Wildman–Crippen LogP) is 0.185. The van der Waals surface area contributed by atoms with Crippen molar-refractivity contribution in [3.8, 4) is 0 Å². The Hall–Kier alpha value is -2.08. The quantitative estimate of drug-likeness (QED) is 0.397. The molecule has 0 saturated carbocycles. The number of aliphatic hydroxyl groups is 1. The first kappa shape index (κ1) is 11.0. The molecule has 0 fully saturated rings. The average molecular weight is 209 g/mol. The lowest BCUT2D eigenvalue weighted by atomic mass is 10.2. The molecule has 80 valence electrons. The van der Waals surface area contributed by atoms with Gasteiger partial charge < -0.3 is 21.1 Å². The van der Waals surface area contributed by atoms with Gasteiger partial charge in [-0.15, -0.1) is 0 Å². The lowest BCUT2D eigenvalue weighted by Gasteiger charge is -2.08. The van der Waals surface area contributed by atoms with Crippen molar-refractivity contribution < 1.29 is 14.7 Å². The van der Waals surface area contributed by atoms with Crippen molar-refractivity contribution >= 4 is 29.9 Å². The van der Waals surface area contributed by atoms with Gasteiger partial charge in [-0.05, 0) is 18.2 Å². The van der Waals surface area contributed by atoms with Gasteiger partial charge in [-0.2, -0.15) is 0 Å². The first-order valence-corrected chi connectivity index (χ1v) is 4.20. The molecule has 0 bridgehead atoms. The lowest BCUT2D eigenvalue weighted by molar-refractivity contribution is -0.106. The van der Waals surface area contributed by atoms with E-state index in [0.29, 0.717) is 29.9 Å². The molecular weight excluding hydrogens is 198 g/mol. The Bertz CT molecular complexity index is 326. The number of hydrogen-bond donors (Lipinski definition) is 4. The zero-order valence-corrected chi connectivity index (χ0v) is 7.86. The van der Waals surface area contributed by atoms with E-state index < -0.39 is 0 Å². The number of carbonyl (C=O) groups is 2. The van der Waals surface area contributed by atoms with Gasteiger partial charge in [0.05, 0.1) is 0 Å². The van der Waals surface area contributed by atoms with Gasteiger partial charge in [0.25, 0.3) is 0 Å². The molecule has 6 nitrogen and oxygen atoms in total. The summed E-state index contributed by atoms with van der Waals surface area (Å²) in [6, 6.07) is 4.84. The molecule has 0 atom stereocenters. The zero-order valence-electron chi connectivity index (χ0n) is 7.86. The molecule has 2 amide bonds. The molecule has 0 unspecified atom stereocenters. The molecule has 6 heteroatoms. The minimum absolute atomic E-state index is 0.231. The van der Waals surface area contributed by atoms with Gasteiger partial charge in [0, 0.05) is 17.1 Å². The number of carbonyl (C=O) groups excluding carboxylic acids is 2. The van der Waals surface area contributed by atoms with Gasteiger partial charge in [-0.25, -0.2) is 0 Å².